The SMILES string of the molecule is CCCCCCCCCCCCCC(=O)NCCCC[C@H](NC(=O)[C@H](CCCCNC(=O)OC(C)(C)C)NC(=O)[C@@H]1CCCN1C(=O)[C@H](CC(C)C)NC(=O)[C@H](C)NC(=O)[C@H](CCC(=O)OC(C)(C)C)NC(C)=O)C(=O)O. The number of carboxylic acids is 1. The highest BCUT2D eigenvalue weighted by atomic mass is 16.6. The summed E-state index contributed by atoms with van der Waals surface area (Å²) < 4.78 is 10.6. The molecule has 1 aliphatic rings. The van der Waals surface area contributed by atoms with Gasteiger partial charge in [0, 0.05) is 39.4 Å². The summed E-state index contributed by atoms with van der Waals surface area (Å²) in [6.45, 7) is 19.6. The van der Waals surface area contributed by atoms with Gasteiger partial charge in [-0.1, -0.05) is 85.0 Å². The molecule has 1 heterocycles. The van der Waals surface area contributed by atoms with Gasteiger partial charge in [0.1, 0.15) is 47.5 Å². The molecular formula is C56H100N8O13. The molecule has 1 aliphatic heterocycles. The number of nitrogens with one attached hydrogen (secondary N) is 7. The molecule has 21 heteroatoms. The number of nitrogens with zero attached hydrogens (tertiary/aromatic N) is 1. The van der Waals surface area contributed by atoms with Crippen molar-refractivity contribution in [2.75, 3.05) is 19.6 Å². The molecule has 0 bridgehead atoms. The Labute approximate surface area is 459 Å². The number of aliphatic carboxylic acids is 1. The van der Waals surface area contributed by atoms with Crippen molar-refractivity contribution in [3.63, 3.8) is 0 Å². The predicted octanol–water partition coefficient (Wildman–Crippen LogP) is 6.38. The first-order chi connectivity index (χ1) is 36.1. The van der Waals surface area contributed by atoms with E-state index in [1.807, 2.05) is 13.8 Å². The van der Waals surface area contributed by atoms with Gasteiger partial charge in [0.25, 0.3) is 0 Å². The average molecular weight is 1090 g/mol. The summed E-state index contributed by atoms with van der Waals surface area (Å²) in [7, 11) is 0. The van der Waals surface area contributed by atoms with E-state index >= 15 is 0 Å². The number of alkyl carbamates (subject to hydrolysis) is 1. The lowest BCUT2D eigenvalue weighted by Crippen LogP contribution is -2.59. The summed E-state index contributed by atoms with van der Waals surface area (Å²) in [5.74, 6) is -5.91. The molecule has 0 spiro atoms. The Hall–Kier alpha value is -5.50. The van der Waals surface area contributed by atoms with E-state index in [1.165, 1.54) is 70.1 Å². The van der Waals surface area contributed by atoms with Crippen LogP contribution in [0.15, 0.2) is 0 Å². The van der Waals surface area contributed by atoms with E-state index in [4.69, 9.17) is 9.47 Å². The lowest BCUT2D eigenvalue weighted by Gasteiger charge is -2.31. The molecule has 0 unspecified atom stereocenters. The van der Waals surface area contributed by atoms with Gasteiger partial charge in [0.15, 0.2) is 0 Å². The summed E-state index contributed by atoms with van der Waals surface area (Å²) in [5, 5.41) is 28.9. The minimum absolute atomic E-state index is 0.0494. The zero-order valence-electron chi connectivity index (χ0n) is 48.7. The molecule has 442 valence electrons. The molecule has 0 aromatic heterocycles. The Bertz CT molecular complexity index is 1870. The van der Waals surface area contributed by atoms with Gasteiger partial charge in [-0.3, -0.25) is 38.4 Å². The number of hydrogen-bond acceptors (Lipinski definition) is 12. The Morgan fingerprint density at radius 1 is 0.571 bits per heavy atom. The summed E-state index contributed by atoms with van der Waals surface area (Å²) in [5.41, 5.74) is -1.47. The highest BCUT2D eigenvalue weighted by molar-refractivity contribution is 5.97. The topological polar surface area (TPSA) is 297 Å². The zero-order valence-corrected chi connectivity index (χ0v) is 48.7. The fourth-order valence-corrected chi connectivity index (χ4v) is 8.83. The number of likely N-dealkylation sites (tertiary alicyclic amines) is 1. The van der Waals surface area contributed by atoms with Gasteiger partial charge in [-0.25, -0.2) is 9.59 Å². The van der Waals surface area contributed by atoms with Gasteiger partial charge < -0.3 is 56.7 Å². The molecule has 0 aromatic carbocycles. The van der Waals surface area contributed by atoms with Crippen LogP contribution in [0.3, 0.4) is 0 Å². The number of hydrogen-bond donors (Lipinski definition) is 8. The fraction of sp³-hybridized carbons (Fsp3) is 0.821. The van der Waals surface area contributed by atoms with E-state index in [9.17, 15) is 53.1 Å². The van der Waals surface area contributed by atoms with Gasteiger partial charge in [0.2, 0.25) is 41.4 Å². The van der Waals surface area contributed by atoms with Gasteiger partial charge in [-0.15, -0.1) is 0 Å². The van der Waals surface area contributed by atoms with Crippen LogP contribution >= 0.6 is 0 Å². The standard InChI is InChI=1S/C56H100N8O13/c1-12-13-14-15-16-17-18-19-20-21-22-31-46(66)57-34-25-24-29-43(53(73)74)62-50(70)41(28-23-26-35-58-54(75)77-56(9,10)11)61-51(71)45-30-27-36-64(45)52(72)44(37-38(2)3)63-48(68)39(4)59-49(69)42(60-40(5)65)32-33-47(67)76-55(6,7)8/h38-39,41-45H,12-37H2,1-11H3,(H,57,66)(H,58,75)(H,59,69)(H,60,65)(H,61,71)(H,62,70)(H,63,68)(H,73,74)/t39-,41-,42-,43-,44-,45-/m0/s1. The average Bonchev–Trinajstić information content (AvgIpc) is 3.82. The number of amides is 8. The van der Waals surface area contributed by atoms with Crippen LogP contribution in [0.1, 0.15) is 224 Å². The first-order valence-corrected chi connectivity index (χ1v) is 28.6. The minimum atomic E-state index is -1.30. The molecule has 1 saturated heterocycles. The molecule has 0 saturated carbocycles. The third-order valence-corrected chi connectivity index (χ3v) is 12.7. The van der Waals surface area contributed by atoms with Crippen molar-refractivity contribution in [3.05, 3.63) is 0 Å². The van der Waals surface area contributed by atoms with Crippen LogP contribution in [0.25, 0.3) is 0 Å². The summed E-state index contributed by atoms with van der Waals surface area (Å²) in [6.07, 6.45) is 15.1. The second-order valence-electron chi connectivity index (χ2n) is 23.0. The quantitative estimate of drug-likeness (QED) is 0.0246. The normalized spacial score (nSPS) is 15.5. The lowest BCUT2D eigenvalue weighted by molar-refractivity contribution is -0.155. The molecule has 77 heavy (non-hydrogen) atoms. The molecule has 0 radical (unpaired) electrons. The van der Waals surface area contributed by atoms with Crippen LogP contribution in [0, 0.1) is 5.92 Å². The third kappa shape index (κ3) is 32.8. The Morgan fingerprint density at radius 3 is 1.64 bits per heavy atom. The first kappa shape index (κ1) is 69.5. The largest absolute Gasteiger partial charge is 0.480 e. The summed E-state index contributed by atoms with van der Waals surface area (Å²) in [6, 6.07) is -7.04. The maximum absolute atomic E-state index is 14.3. The van der Waals surface area contributed by atoms with Crippen molar-refractivity contribution in [1.29, 1.82) is 0 Å². The molecule has 8 N–H and O–H groups in total. The van der Waals surface area contributed by atoms with Gasteiger partial charge >= 0.3 is 18.0 Å². The number of carbonyl (C=O) groups is 10. The van der Waals surface area contributed by atoms with Crippen LogP contribution in [-0.4, -0.2) is 136 Å². The lowest BCUT2D eigenvalue weighted by atomic mass is 10.0. The number of ether oxygens (including phenoxy) is 2. The third-order valence-electron chi connectivity index (χ3n) is 12.7. The maximum Gasteiger partial charge on any atom is 0.407 e. The molecule has 8 amide bonds. The van der Waals surface area contributed by atoms with Crippen LogP contribution < -0.4 is 37.2 Å². The number of esters is 1. The van der Waals surface area contributed by atoms with Crippen molar-refractivity contribution >= 4 is 59.4 Å². The van der Waals surface area contributed by atoms with E-state index in [-0.39, 0.29) is 63.4 Å². The Kier molecular flexibility index (Phi) is 33.7. The molecule has 0 aliphatic carbocycles. The van der Waals surface area contributed by atoms with Crippen LogP contribution in [0.2, 0.25) is 0 Å². The second-order valence-corrected chi connectivity index (χ2v) is 23.0. The Morgan fingerprint density at radius 2 is 1.09 bits per heavy atom. The smallest absolute Gasteiger partial charge is 0.407 e. The number of unbranched alkanes of at least 4 members (excludes halogenated alkanes) is 12. The Balaban J connectivity index is 3.03. The molecular weight excluding hydrogens is 993 g/mol. The fourth-order valence-electron chi connectivity index (χ4n) is 8.83. The number of rotatable bonds is 38. The van der Waals surface area contributed by atoms with Gasteiger partial charge in [-0.2, -0.15) is 0 Å². The highest BCUT2D eigenvalue weighted by Gasteiger charge is 2.40. The van der Waals surface area contributed by atoms with Crippen LogP contribution in [0.4, 0.5) is 4.79 Å². The zero-order chi connectivity index (χ0) is 58.1. The molecule has 0 aromatic rings. The molecule has 1 fully saturated rings. The van der Waals surface area contributed by atoms with E-state index < -0.39 is 101 Å². The van der Waals surface area contributed by atoms with E-state index in [0.717, 1.165) is 19.3 Å². The predicted molar refractivity (Wildman–Crippen MR) is 294 cm³/mol. The van der Waals surface area contributed by atoms with Crippen molar-refractivity contribution in [2.24, 2.45) is 5.92 Å². The van der Waals surface area contributed by atoms with Crippen molar-refractivity contribution in [3.8, 4) is 0 Å². The van der Waals surface area contributed by atoms with Crippen LogP contribution in [-0.2, 0) is 52.6 Å². The molecule has 1 rings (SSSR count). The number of carboxylic acid groups (broad SMARTS) is 1. The maximum atomic E-state index is 14.3. The van der Waals surface area contributed by atoms with Crippen LogP contribution in [0.5, 0.6) is 0 Å². The summed E-state index contributed by atoms with van der Waals surface area (Å²) in [4.78, 5) is 132. The van der Waals surface area contributed by atoms with Gasteiger partial charge in [-0.05, 0) is 125 Å². The second kappa shape index (κ2) is 37.3. The molecule has 6 atom stereocenters. The minimum Gasteiger partial charge on any atom is -0.480 e. The highest BCUT2D eigenvalue weighted by Crippen LogP contribution is 2.22. The number of carbonyl (C=O) groups excluding carboxylic acids is 9. The van der Waals surface area contributed by atoms with Crippen molar-refractivity contribution in [2.45, 2.75) is 271 Å². The monoisotopic (exact) mass is 1090 g/mol. The van der Waals surface area contributed by atoms with Crippen molar-refractivity contribution in [1.82, 2.24) is 42.1 Å². The molecule has 21 nitrogen and oxygen atoms in total. The van der Waals surface area contributed by atoms with Crippen molar-refractivity contribution < 1.29 is 62.5 Å². The first-order valence-electron chi connectivity index (χ1n) is 28.6. The summed E-state index contributed by atoms with van der Waals surface area (Å²) >= 11 is 0. The van der Waals surface area contributed by atoms with Gasteiger partial charge in [0.05, 0.1) is 0 Å². The van der Waals surface area contributed by atoms with E-state index in [2.05, 4.69) is 44.1 Å². The van der Waals surface area contributed by atoms with E-state index in [1.54, 1.807) is 41.5 Å². The van der Waals surface area contributed by atoms with E-state index in [0.29, 0.717) is 45.1 Å².